The molecule has 2 N–H and O–H groups in total. The summed E-state index contributed by atoms with van der Waals surface area (Å²) in [5.41, 5.74) is 9.36. The van der Waals surface area contributed by atoms with E-state index in [2.05, 4.69) is 12.1 Å². The molecule has 2 aliphatic rings. The Morgan fingerprint density at radius 1 is 1.17 bits per heavy atom. The van der Waals surface area contributed by atoms with Gasteiger partial charge >= 0.3 is 0 Å². The number of fused-ring (bicyclic) bond motifs is 1. The van der Waals surface area contributed by atoms with E-state index in [1.54, 1.807) is 0 Å². The van der Waals surface area contributed by atoms with Crippen LogP contribution < -0.4 is 5.73 Å². The number of sulfone groups is 1. The van der Waals surface area contributed by atoms with Gasteiger partial charge in [-0.2, -0.15) is 0 Å². The molecule has 1 fully saturated rings. The van der Waals surface area contributed by atoms with Crippen molar-refractivity contribution in [2.75, 3.05) is 11.5 Å². The Morgan fingerprint density at radius 3 is 2.61 bits per heavy atom. The summed E-state index contributed by atoms with van der Waals surface area (Å²) in [7, 11) is -2.79. The highest BCUT2D eigenvalue weighted by Gasteiger charge is 2.27. The van der Waals surface area contributed by atoms with Gasteiger partial charge in [-0.3, -0.25) is 4.98 Å². The summed E-state index contributed by atoms with van der Waals surface area (Å²) in [5.74, 6) is 0.905. The Bertz CT molecular complexity index is 554. The maximum atomic E-state index is 11.4. The van der Waals surface area contributed by atoms with Gasteiger partial charge in [0.25, 0.3) is 0 Å². The minimum Gasteiger partial charge on any atom is -0.327 e. The Kier molecular flexibility index (Phi) is 2.90. The molecule has 0 spiro atoms. The zero-order valence-corrected chi connectivity index (χ0v) is 11.1. The maximum absolute atomic E-state index is 11.4. The fourth-order valence-electron chi connectivity index (χ4n) is 2.93. The monoisotopic (exact) mass is 266 g/mol. The van der Waals surface area contributed by atoms with Crippen LogP contribution in [0.4, 0.5) is 0 Å². The minimum atomic E-state index is -2.79. The highest BCUT2D eigenvalue weighted by atomic mass is 32.2. The topological polar surface area (TPSA) is 73.1 Å². The van der Waals surface area contributed by atoms with Gasteiger partial charge in [0.15, 0.2) is 0 Å². The van der Waals surface area contributed by atoms with Gasteiger partial charge in [-0.25, -0.2) is 8.42 Å². The van der Waals surface area contributed by atoms with E-state index in [-0.39, 0.29) is 6.04 Å². The normalized spacial score (nSPS) is 27.1. The molecule has 2 heterocycles. The molecule has 1 aliphatic heterocycles. The van der Waals surface area contributed by atoms with Crippen molar-refractivity contribution in [1.29, 1.82) is 0 Å². The Morgan fingerprint density at radius 2 is 1.89 bits per heavy atom. The largest absolute Gasteiger partial charge is 0.327 e. The van der Waals surface area contributed by atoms with E-state index in [9.17, 15) is 8.42 Å². The molecule has 1 unspecified atom stereocenters. The minimum absolute atomic E-state index is 0.203. The van der Waals surface area contributed by atoms with Crippen molar-refractivity contribution in [1.82, 2.24) is 4.98 Å². The molecule has 1 atom stereocenters. The Labute approximate surface area is 108 Å². The van der Waals surface area contributed by atoms with Crippen LogP contribution in [0.3, 0.4) is 0 Å². The molecule has 3 rings (SSSR count). The van der Waals surface area contributed by atoms with Crippen molar-refractivity contribution in [2.45, 2.75) is 37.6 Å². The lowest BCUT2D eigenvalue weighted by Crippen LogP contribution is -2.23. The van der Waals surface area contributed by atoms with E-state index >= 15 is 0 Å². The second-order valence-corrected chi connectivity index (χ2v) is 7.74. The number of aromatic nitrogens is 1. The second-order valence-electron chi connectivity index (χ2n) is 5.44. The summed E-state index contributed by atoms with van der Waals surface area (Å²) in [6, 6.07) is 4.38. The van der Waals surface area contributed by atoms with Gasteiger partial charge in [0.1, 0.15) is 9.84 Å². The molecule has 1 aromatic heterocycles. The molecule has 1 saturated heterocycles. The summed E-state index contributed by atoms with van der Waals surface area (Å²) in [6.45, 7) is 0. The average Bonchev–Trinajstić information content (AvgIpc) is 2.68. The quantitative estimate of drug-likeness (QED) is 0.816. The second kappa shape index (κ2) is 4.31. The predicted octanol–water partition coefficient (Wildman–Crippen LogP) is 0.800. The predicted molar refractivity (Wildman–Crippen MR) is 70.2 cm³/mol. The number of pyridine rings is 1. The Hall–Kier alpha value is -0.940. The first kappa shape index (κ1) is 12.1. The molecule has 0 radical (unpaired) electrons. The molecule has 1 aromatic rings. The molecular weight excluding hydrogens is 248 g/mol. The van der Waals surface area contributed by atoms with E-state index in [1.807, 2.05) is 0 Å². The van der Waals surface area contributed by atoms with Crippen LogP contribution in [0.1, 0.15) is 35.7 Å². The van der Waals surface area contributed by atoms with Crippen molar-refractivity contribution in [3.63, 3.8) is 0 Å². The lowest BCUT2D eigenvalue weighted by molar-refractivity contribution is 0.543. The van der Waals surface area contributed by atoms with Crippen molar-refractivity contribution < 1.29 is 8.42 Å². The van der Waals surface area contributed by atoms with Crippen LogP contribution in [0.2, 0.25) is 0 Å². The molecule has 0 bridgehead atoms. The van der Waals surface area contributed by atoms with Gasteiger partial charge in [-0.05, 0) is 30.9 Å². The zero-order valence-electron chi connectivity index (χ0n) is 10.3. The molecule has 5 heteroatoms. The van der Waals surface area contributed by atoms with Crippen molar-refractivity contribution in [2.24, 2.45) is 5.73 Å². The van der Waals surface area contributed by atoms with E-state index in [0.29, 0.717) is 30.3 Å². The van der Waals surface area contributed by atoms with Gasteiger partial charge in [0.2, 0.25) is 0 Å². The van der Waals surface area contributed by atoms with Crippen molar-refractivity contribution in [3.8, 4) is 0 Å². The number of hydrogen-bond acceptors (Lipinski definition) is 4. The first-order valence-electron chi connectivity index (χ1n) is 6.48. The smallest absolute Gasteiger partial charge is 0.150 e. The molecule has 4 nitrogen and oxygen atoms in total. The Balaban J connectivity index is 1.80. The molecule has 0 aromatic carbocycles. The number of nitrogens with zero attached hydrogens (tertiary/aromatic N) is 1. The number of hydrogen-bond donors (Lipinski definition) is 1. The van der Waals surface area contributed by atoms with Crippen molar-refractivity contribution >= 4 is 9.84 Å². The average molecular weight is 266 g/mol. The van der Waals surface area contributed by atoms with Crippen LogP contribution in [-0.4, -0.2) is 30.9 Å². The van der Waals surface area contributed by atoms with E-state index in [1.165, 1.54) is 5.56 Å². The highest BCUT2D eigenvalue weighted by molar-refractivity contribution is 7.91. The van der Waals surface area contributed by atoms with Gasteiger partial charge < -0.3 is 5.73 Å². The van der Waals surface area contributed by atoms with Gasteiger partial charge in [0.05, 0.1) is 11.5 Å². The molecular formula is C13H18N2O2S. The first-order chi connectivity index (χ1) is 8.53. The van der Waals surface area contributed by atoms with Crippen LogP contribution in [0.25, 0.3) is 0 Å². The molecule has 1 aliphatic carbocycles. The van der Waals surface area contributed by atoms with Crippen LogP contribution >= 0.6 is 0 Å². The summed E-state index contributed by atoms with van der Waals surface area (Å²) in [6.07, 6.45) is 3.19. The summed E-state index contributed by atoms with van der Waals surface area (Å²) in [4.78, 5) is 4.70. The third kappa shape index (κ3) is 2.29. The molecule has 0 amide bonds. The standard InChI is InChI=1S/C13H18N2O2S/c14-11-7-10-1-2-12(15-13(10)8-11)9-3-5-18(16,17)6-4-9/h1-2,9,11H,3-8,14H2. The van der Waals surface area contributed by atoms with Gasteiger partial charge in [-0.15, -0.1) is 0 Å². The zero-order chi connectivity index (χ0) is 12.8. The van der Waals surface area contributed by atoms with Crippen LogP contribution in [0.5, 0.6) is 0 Å². The van der Waals surface area contributed by atoms with E-state index in [0.717, 1.165) is 24.2 Å². The first-order valence-corrected chi connectivity index (χ1v) is 8.30. The summed E-state index contributed by atoms with van der Waals surface area (Å²) in [5, 5.41) is 0. The van der Waals surface area contributed by atoms with Crippen LogP contribution in [-0.2, 0) is 22.7 Å². The molecule has 98 valence electrons. The lowest BCUT2D eigenvalue weighted by atomic mass is 9.97. The molecule has 18 heavy (non-hydrogen) atoms. The third-order valence-corrected chi connectivity index (χ3v) is 5.72. The highest BCUT2D eigenvalue weighted by Crippen LogP contribution is 2.30. The third-order valence-electron chi connectivity index (χ3n) is 4.00. The van der Waals surface area contributed by atoms with Gasteiger partial charge in [0, 0.05) is 29.8 Å². The maximum Gasteiger partial charge on any atom is 0.150 e. The summed E-state index contributed by atoms with van der Waals surface area (Å²) < 4.78 is 22.8. The van der Waals surface area contributed by atoms with Crippen molar-refractivity contribution in [3.05, 3.63) is 29.1 Å². The van der Waals surface area contributed by atoms with Gasteiger partial charge in [-0.1, -0.05) is 6.07 Å². The number of rotatable bonds is 1. The lowest BCUT2D eigenvalue weighted by Gasteiger charge is -2.21. The number of nitrogens with two attached hydrogens (primary N) is 1. The van der Waals surface area contributed by atoms with E-state index < -0.39 is 9.84 Å². The SMILES string of the molecule is NC1Cc2ccc(C3CCS(=O)(=O)CC3)nc2C1. The molecule has 0 saturated carbocycles. The fraction of sp³-hybridized carbons (Fsp3) is 0.615. The summed E-state index contributed by atoms with van der Waals surface area (Å²) >= 11 is 0. The van der Waals surface area contributed by atoms with E-state index in [4.69, 9.17) is 10.7 Å². The van der Waals surface area contributed by atoms with Crippen LogP contribution in [0, 0.1) is 0 Å². The fourth-order valence-corrected chi connectivity index (χ4v) is 4.42. The van der Waals surface area contributed by atoms with Crippen LogP contribution in [0.15, 0.2) is 12.1 Å².